The van der Waals surface area contributed by atoms with Gasteiger partial charge in [-0.2, -0.15) is 0 Å². The van der Waals surface area contributed by atoms with E-state index in [1.165, 1.54) is 4.88 Å². The maximum Gasteiger partial charge on any atom is 0.319 e. The smallest absolute Gasteiger partial charge is 0.319 e. The van der Waals surface area contributed by atoms with E-state index in [-0.39, 0.29) is 6.03 Å². The molecule has 1 heterocycles. The van der Waals surface area contributed by atoms with Crippen molar-refractivity contribution in [2.75, 3.05) is 11.9 Å². The van der Waals surface area contributed by atoms with Crippen molar-refractivity contribution in [1.29, 1.82) is 0 Å². The van der Waals surface area contributed by atoms with E-state index >= 15 is 0 Å². The number of hydrogen-bond acceptors (Lipinski definition) is 2. The number of urea groups is 1. The van der Waals surface area contributed by atoms with Crippen LogP contribution in [0.4, 0.5) is 10.5 Å². The van der Waals surface area contributed by atoms with E-state index < -0.39 is 0 Å². The molecule has 0 aliphatic carbocycles. The SMILES string of the molecule is O=C(NCCc1cccs1)Nc1ccccc1-c1ccccc1. The van der Waals surface area contributed by atoms with Gasteiger partial charge in [0.05, 0.1) is 5.69 Å². The minimum Gasteiger partial charge on any atom is -0.338 e. The summed E-state index contributed by atoms with van der Waals surface area (Å²) in [7, 11) is 0. The number of para-hydroxylation sites is 1. The van der Waals surface area contributed by atoms with E-state index in [0.717, 1.165) is 23.2 Å². The molecular weight excluding hydrogens is 304 g/mol. The van der Waals surface area contributed by atoms with Gasteiger partial charge in [-0.1, -0.05) is 54.6 Å². The van der Waals surface area contributed by atoms with Crippen molar-refractivity contribution >= 4 is 23.1 Å². The Balaban J connectivity index is 1.62. The van der Waals surface area contributed by atoms with Gasteiger partial charge in [0.25, 0.3) is 0 Å². The Morgan fingerprint density at radius 3 is 2.48 bits per heavy atom. The molecule has 0 saturated carbocycles. The third-order valence-electron chi connectivity index (χ3n) is 3.50. The van der Waals surface area contributed by atoms with Crippen LogP contribution in [0.25, 0.3) is 11.1 Å². The summed E-state index contributed by atoms with van der Waals surface area (Å²) >= 11 is 1.71. The van der Waals surface area contributed by atoms with Crippen molar-refractivity contribution in [1.82, 2.24) is 5.32 Å². The lowest BCUT2D eigenvalue weighted by Gasteiger charge is -2.12. The molecule has 2 N–H and O–H groups in total. The predicted molar refractivity (Wildman–Crippen MR) is 96.9 cm³/mol. The number of thiophene rings is 1. The van der Waals surface area contributed by atoms with Crippen LogP contribution in [-0.4, -0.2) is 12.6 Å². The molecule has 116 valence electrons. The molecule has 23 heavy (non-hydrogen) atoms. The number of anilines is 1. The Kier molecular flexibility index (Phi) is 5.06. The molecule has 3 rings (SSSR count). The highest BCUT2D eigenvalue weighted by Gasteiger charge is 2.07. The van der Waals surface area contributed by atoms with Gasteiger partial charge in [0.2, 0.25) is 0 Å². The molecule has 0 aliphatic rings. The van der Waals surface area contributed by atoms with Crippen molar-refractivity contribution in [3.63, 3.8) is 0 Å². The second-order valence-corrected chi connectivity index (χ2v) is 6.15. The van der Waals surface area contributed by atoms with Crippen LogP contribution in [0.3, 0.4) is 0 Å². The van der Waals surface area contributed by atoms with Gasteiger partial charge in [0, 0.05) is 17.0 Å². The largest absolute Gasteiger partial charge is 0.338 e. The molecular formula is C19H18N2OS. The maximum absolute atomic E-state index is 12.1. The Labute approximate surface area is 140 Å². The van der Waals surface area contributed by atoms with Crippen molar-refractivity contribution in [3.05, 3.63) is 77.0 Å². The highest BCUT2D eigenvalue weighted by atomic mass is 32.1. The molecule has 2 amide bonds. The van der Waals surface area contributed by atoms with Crippen LogP contribution < -0.4 is 10.6 Å². The summed E-state index contributed by atoms with van der Waals surface area (Å²) in [6.45, 7) is 0.625. The first-order valence-corrected chi connectivity index (χ1v) is 8.42. The van der Waals surface area contributed by atoms with Crippen LogP contribution in [0.5, 0.6) is 0 Å². The number of carbonyl (C=O) groups excluding carboxylic acids is 1. The van der Waals surface area contributed by atoms with E-state index in [9.17, 15) is 4.79 Å². The number of rotatable bonds is 5. The lowest BCUT2D eigenvalue weighted by molar-refractivity contribution is 0.252. The summed E-state index contributed by atoms with van der Waals surface area (Å²) in [4.78, 5) is 13.4. The van der Waals surface area contributed by atoms with Gasteiger partial charge in [0.15, 0.2) is 0 Å². The quantitative estimate of drug-likeness (QED) is 0.697. The third-order valence-corrected chi connectivity index (χ3v) is 4.43. The predicted octanol–water partition coefficient (Wildman–Crippen LogP) is 4.78. The standard InChI is InChI=1S/C19H18N2OS/c22-19(20-13-12-16-9-6-14-23-16)21-18-11-5-4-10-17(18)15-7-2-1-3-8-15/h1-11,14H,12-13H2,(H2,20,21,22). The molecule has 3 nitrogen and oxygen atoms in total. The number of nitrogens with one attached hydrogen (secondary N) is 2. The molecule has 0 aliphatic heterocycles. The van der Waals surface area contributed by atoms with E-state index in [0.29, 0.717) is 6.54 Å². The van der Waals surface area contributed by atoms with Crippen LogP contribution in [-0.2, 0) is 6.42 Å². The fourth-order valence-electron chi connectivity index (χ4n) is 2.38. The summed E-state index contributed by atoms with van der Waals surface area (Å²) < 4.78 is 0. The fourth-order valence-corrected chi connectivity index (χ4v) is 3.09. The number of hydrogen-bond donors (Lipinski definition) is 2. The third kappa shape index (κ3) is 4.20. The number of carbonyl (C=O) groups is 1. The van der Waals surface area contributed by atoms with Gasteiger partial charge in [-0.25, -0.2) is 4.79 Å². The molecule has 3 aromatic rings. The monoisotopic (exact) mass is 322 g/mol. The second kappa shape index (κ2) is 7.61. The summed E-state index contributed by atoms with van der Waals surface area (Å²) in [5.74, 6) is 0. The first kappa shape index (κ1) is 15.3. The first-order valence-electron chi connectivity index (χ1n) is 7.54. The van der Waals surface area contributed by atoms with Crippen molar-refractivity contribution in [2.45, 2.75) is 6.42 Å². The van der Waals surface area contributed by atoms with Gasteiger partial charge >= 0.3 is 6.03 Å². The summed E-state index contributed by atoms with van der Waals surface area (Å²) in [6, 6.07) is 21.8. The maximum atomic E-state index is 12.1. The minimum atomic E-state index is -0.176. The molecule has 0 fully saturated rings. The highest BCUT2D eigenvalue weighted by molar-refractivity contribution is 7.09. The molecule has 0 unspecified atom stereocenters. The second-order valence-electron chi connectivity index (χ2n) is 5.12. The molecule has 1 aromatic heterocycles. The van der Waals surface area contributed by atoms with E-state index in [1.54, 1.807) is 11.3 Å². The lowest BCUT2D eigenvalue weighted by atomic mass is 10.0. The average molecular weight is 322 g/mol. The molecule has 0 bridgehead atoms. The molecule has 0 saturated heterocycles. The highest BCUT2D eigenvalue weighted by Crippen LogP contribution is 2.27. The molecule has 0 atom stereocenters. The van der Waals surface area contributed by atoms with Gasteiger partial charge in [-0.05, 0) is 29.5 Å². The van der Waals surface area contributed by atoms with Crippen molar-refractivity contribution in [2.24, 2.45) is 0 Å². The topological polar surface area (TPSA) is 41.1 Å². The van der Waals surface area contributed by atoms with Crippen LogP contribution >= 0.6 is 11.3 Å². The fraction of sp³-hybridized carbons (Fsp3) is 0.105. The molecule has 2 aromatic carbocycles. The van der Waals surface area contributed by atoms with Crippen LogP contribution in [0.2, 0.25) is 0 Å². The Morgan fingerprint density at radius 1 is 0.913 bits per heavy atom. The van der Waals surface area contributed by atoms with E-state index in [1.807, 2.05) is 66.0 Å². The van der Waals surface area contributed by atoms with Gasteiger partial charge < -0.3 is 10.6 Å². The first-order chi connectivity index (χ1) is 11.3. The van der Waals surface area contributed by atoms with Crippen LogP contribution in [0.15, 0.2) is 72.1 Å². The molecule has 0 radical (unpaired) electrons. The Hall–Kier alpha value is -2.59. The molecule has 0 spiro atoms. The zero-order chi connectivity index (χ0) is 15.9. The van der Waals surface area contributed by atoms with Crippen molar-refractivity contribution in [3.8, 4) is 11.1 Å². The number of benzene rings is 2. The van der Waals surface area contributed by atoms with E-state index in [4.69, 9.17) is 0 Å². The summed E-state index contributed by atoms with van der Waals surface area (Å²) in [5.41, 5.74) is 2.91. The Bertz CT molecular complexity index is 754. The van der Waals surface area contributed by atoms with Gasteiger partial charge in [-0.15, -0.1) is 11.3 Å². The normalized spacial score (nSPS) is 10.3. The minimum absolute atomic E-state index is 0.176. The zero-order valence-electron chi connectivity index (χ0n) is 12.7. The zero-order valence-corrected chi connectivity index (χ0v) is 13.5. The molecule has 4 heteroatoms. The van der Waals surface area contributed by atoms with E-state index in [2.05, 4.69) is 16.7 Å². The van der Waals surface area contributed by atoms with Gasteiger partial charge in [0.1, 0.15) is 0 Å². The Morgan fingerprint density at radius 2 is 1.70 bits per heavy atom. The van der Waals surface area contributed by atoms with Crippen LogP contribution in [0, 0.1) is 0 Å². The number of amides is 2. The van der Waals surface area contributed by atoms with Crippen LogP contribution in [0.1, 0.15) is 4.88 Å². The summed E-state index contributed by atoms with van der Waals surface area (Å²) in [6.07, 6.45) is 0.853. The lowest BCUT2D eigenvalue weighted by Crippen LogP contribution is -2.30. The summed E-state index contributed by atoms with van der Waals surface area (Å²) in [5, 5.41) is 7.89. The van der Waals surface area contributed by atoms with Crippen molar-refractivity contribution < 1.29 is 4.79 Å². The average Bonchev–Trinajstić information content (AvgIpc) is 3.09. The van der Waals surface area contributed by atoms with Gasteiger partial charge in [-0.3, -0.25) is 0 Å².